The van der Waals surface area contributed by atoms with Crippen LogP contribution in [0.3, 0.4) is 0 Å². The molecule has 104 valence electrons. The van der Waals surface area contributed by atoms with Crippen molar-refractivity contribution in [3.05, 3.63) is 0 Å². The summed E-state index contributed by atoms with van der Waals surface area (Å²) in [5.74, 6) is 0. The van der Waals surface area contributed by atoms with E-state index < -0.39 is 5.60 Å². The first-order valence-corrected chi connectivity index (χ1v) is 6.75. The molecule has 0 radical (unpaired) electrons. The van der Waals surface area contributed by atoms with E-state index in [1.54, 1.807) is 4.90 Å². The Balaban J connectivity index is 1.84. The van der Waals surface area contributed by atoms with Crippen LogP contribution in [0.15, 0.2) is 0 Å². The van der Waals surface area contributed by atoms with Crippen LogP contribution < -0.4 is 0 Å². The second-order valence-corrected chi connectivity index (χ2v) is 6.33. The minimum Gasteiger partial charge on any atom is -0.444 e. The van der Waals surface area contributed by atoms with Crippen LogP contribution in [0, 0.1) is 0 Å². The van der Waals surface area contributed by atoms with E-state index in [1.807, 2.05) is 20.8 Å². The quantitative estimate of drug-likeness (QED) is 0.762. The lowest BCUT2D eigenvalue weighted by Crippen LogP contribution is -2.60. The molecule has 2 fully saturated rings. The van der Waals surface area contributed by atoms with Gasteiger partial charge in [-0.15, -0.1) is 0 Å². The van der Waals surface area contributed by atoms with E-state index in [0.717, 1.165) is 39.0 Å². The van der Waals surface area contributed by atoms with Crippen molar-refractivity contribution in [2.75, 3.05) is 26.2 Å². The number of carbonyl (C=O) groups excluding carboxylic acids is 1. The largest absolute Gasteiger partial charge is 0.444 e. The summed E-state index contributed by atoms with van der Waals surface area (Å²) in [6, 6.07) is 0.384. The second kappa shape index (κ2) is 5.05. The van der Waals surface area contributed by atoms with E-state index in [9.17, 15) is 9.90 Å². The van der Waals surface area contributed by atoms with Crippen molar-refractivity contribution in [1.82, 2.24) is 9.80 Å². The molecular formula is C13H24N2O3. The van der Waals surface area contributed by atoms with E-state index in [0.29, 0.717) is 6.04 Å². The molecule has 1 atom stereocenters. The highest BCUT2D eigenvalue weighted by Gasteiger charge is 2.35. The van der Waals surface area contributed by atoms with Crippen LogP contribution in [-0.2, 0) is 4.74 Å². The molecule has 5 nitrogen and oxygen atoms in total. The Morgan fingerprint density at radius 2 is 1.94 bits per heavy atom. The van der Waals surface area contributed by atoms with Gasteiger partial charge in [0, 0.05) is 32.2 Å². The van der Waals surface area contributed by atoms with Crippen molar-refractivity contribution >= 4 is 6.09 Å². The lowest BCUT2D eigenvalue weighted by molar-refractivity contribution is -0.0461. The SMILES string of the molecule is CC(C)(C)OC(=O)N1CCC[C@@H](N2CC(O)C2)C1. The number of hydrogen-bond donors (Lipinski definition) is 1. The lowest BCUT2D eigenvalue weighted by Gasteiger charge is -2.45. The Morgan fingerprint density at radius 3 is 2.50 bits per heavy atom. The molecule has 0 spiro atoms. The Kier molecular flexibility index (Phi) is 3.82. The van der Waals surface area contributed by atoms with Gasteiger partial charge in [0.1, 0.15) is 5.60 Å². The summed E-state index contributed by atoms with van der Waals surface area (Å²) >= 11 is 0. The number of aliphatic hydroxyl groups excluding tert-OH is 1. The zero-order chi connectivity index (χ0) is 13.3. The standard InChI is InChI=1S/C13H24N2O3/c1-13(2,3)18-12(17)14-6-4-5-10(7-14)15-8-11(16)9-15/h10-11,16H,4-9H2,1-3H3/t10-/m1/s1. The lowest BCUT2D eigenvalue weighted by atomic mass is 10.00. The second-order valence-electron chi connectivity index (χ2n) is 6.33. The average Bonchev–Trinajstić information content (AvgIpc) is 2.23. The van der Waals surface area contributed by atoms with Gasteiger partial charge in [0.2, 0.25) is 0 Å². The fraction of sp³-hybridized carbons (Fsp3) is 0.923. The molecule has 2 rings (SSSR count). The number of likely N-dealkylation sites (tertiary alicyclic amines) is 2. The molecule has 2 aliphatic heterocycles. The molecule has 1 N–H and O–H groups in total. The van der Waals surface area contributed by atoms with Gasteiger partial charge >= 0.3 is 6.09 Å². The molecule has 2 heterocycles. The highest BCUT2D eigenvalue weighted by atomic mass is 16.6. The first-order chi connectivity index (χ1) is 8.35. The smallest absolute Gasteiger partial charge is 0.410 e. The van der Waals surface area contributed by atoms with Crippen molar-refractivity contribution in [3.8, 4) is 0 Å². The van der Waals surface area contributed by atoms with Crippen molar-refractivity contribution in [3.63, 3.8) is 0 Å². The van der Waals surface area contributed by atoms with Crippen molar-refractivity contribution < 1.29 is 14.6 Å². The zero-order valence-electron chi connectivity index (χ0n) is 11.6. The van der Waals surface area contributed by atoms with Gasteiger partial charge in [-0.2, -0.15) is 0 Å². The van der Waals surface area contributed by atoms with Gasteiger partial charge in [-0.1, -0.05) is 0 Å². The number of carbonyl (C=O) groups is 1. The van der Waals surface area contributed by atoms with Gasteiger partial charge in [-0.25, -0.2) is 4.79 Å². The minimum atomic E-state index is -0.434. The number of piperidine rings is 1. The van der Waals surface area contributed by atoms with Crippen LogP contribution in [-0.4, -0.2) is 64.9 Å². The average molecular weight is 256 g/mol. The molecule has 18 heavy (non-hydrogen) atoms. The Hall–Kier alpha value is -0.810. The van der Waals surface area contributed by atoms with E-state index in [2.05, 4.69) is 4.90 Å². The van der Waals surface area contributed by atoms with Crippen LogP contribution in [0.25, 0.3) is 0 Å². The van der Waals surface area contributed by atoms with Gasteiger partial charge in [-0.05, 0) is 33.6 Å². The molecule has 0 aromatic heterocycles. The molecule has 0 unspecified atom stereocenters. The van der Waals surface area contributed by atoms with Crippen LogP contribution in [0.5, 0.6) is 0 Å². The maximum Gasteiger partial charge on any atom is 0.410 e. The topological polar surface area (TPSA) is 53.0 Å². The molecule has 0 aliphatic carbocycles. The van der Waals surface area contributed by atoms with E-state index in [4.69, 9.17) is 4.74 Å². The van der Waals surface area contributed by atoms with Gasteiger partial charge in [0.15, 0.2) is 0 Å². The summed E-state index contributed by atoms with van der Waals surface area (Å²) in [6.45, 7) is 8.65. The third-order valence-electron chi connectivity index (χ3n) is 3.46. The maximum atomic E-state index is 12.0. The normalized spacial score (nSPS) is 26.9. The number of ether oxygens (including phenoxy) is 1. The molecule has 0 aromatic rings. The van der Waals surface area contributed by atoms with Gasteiger partial charge in [-0.3, -0.25) is 4.90 Å². The van der Waals surface area contributed by atoms with E-state index in [-0.39, 0.29) is 12.2 Å². The van der Waals surface area contributed by atoms with E-state index >= 15 is 0 Å². The van der Waals surface area contributed by atoms with Crippen molar-refractivity contribution in [2.24, 2.45) is 0 Å². The number of aliphatic hydroxyl groups is 1. The van der Waals surface area contributed by atoms with Crippen molar-refractivity contribution in [1.29, 1.82) is 0 Å². The number of amides is 1. The number of rotatable bonds is 1. The number of hydrogen-bond acceptors (Lipinski definition) is 4. The van der Waals surface area contributed by atoms with Gasteiger partial charge in [0.05, 0.1) is 6.10 Å². The van der Waals surface area contributed by atoms with Crippen molar-refractivity contribution in [2.45, 2.75) is 51.4 Å². The van der Waals surface area contributed by atoms with Crippen LogP contribution in [0.2, 0.25) is 0 Å². The Labute approximate surface area is 109 Å². The summed E-state index contributed by atoms with van der Waals surface area (Å²) in [4.78, 5) is 16.0. The summed E-state index contributed by atoms with van der Waals surface area (Å²) in [5.41, 5.74) is -0.434. The van der Waals surface area contributed by atoms with Crippen LogP contribution in [0.4, 0.5) is 4.79 Å². The predicted octanol–water partition coefficient (Wildman–Crippen LogP) is 1.06. The van der Waals surface area contributed by atoms with Gasteiger partial charge < -0.3 is 14.7 Å². The fourth-order valence-electron chi connectivity index (χ4n) is 2.53. The third kappa shape index (κ3) is 3.36. The Morgan fingerprint density at radius 1 is 1.28 bits per heavy atom. The number of nitrogens with zero attached hydrogens (tertiary/aromatic N) is 2. The summed E-state index contributed by atoms with van der Waals surface area (Å²) in [6.07, 6.45) is 1.72. The van der Waals surface area contributed by atoms with Crippen LogP contribution in [0.1, 0.15) is 33.6 Å². The molecule has 0 saturated carbocycles. The summed E-state index contributed by atoms with van der Waals surface area (Å²) < 4.78 is 5.40. The molecular weight excluding hydrogens is 232 g/mol. The monoisotopic (exact) mass is 256 g/mol. The molecule has 0 aromatic carbocycles. The van der Waals surface area contributed by atoms with Crippen LogP contribution >= 0.6 is 0 Å². The summed E-state index contributed by atoms with van der Waals surface area (Å²) in [7, 11) is 0. The first kappa shape index (κ1) is 13.6. The molecule has 2 saturated heterocycles. The minimum absolute atomic E-state index is 0.179. The highest BCUT2D eigenvalue weighted by molar-refractivity contribution is 5.68. The molecule has 5 heteroatoms. The fourth-order valence-corrected chi connectivity index (χ4v) is 2.53. The zero-order valence-corrected chi connectivity index (χ0v) is 11.6. The Bertz CT molecular complexity index is 308. The summed E-state index contributed by atoms with van der Waals surface area (Å²) in [5, 5.41) is 9.33. The highest BCUT2D eigenvalue weighted by Crippen LogP contribution is 2.22. The predicted molar refractivity (Wildman–Crippen MR) is 68.4 cm³/mol. The number of β-amino-alcohol motifs (C(OH)–C–C–N with tert-alkyl or cyclic N) is 1. The molecule has 2 aliphatic rings. The first-order valence-electron chi connectivity index (χ1n) is 6.75. The molecule has 0 bridgehead atoms. The van der Waals surface area contributed by atoms with E-state index in [1.165, 1.54) is 0 Å². The maximum absolute atomic E-state index is 12.0. The molecule has 1 amide bonds. The van der Waals surface area contributed by atoms with Gasteiger partial charge in [0.25, 0.3) is 0 Å². The third-order valence-corrected chi connectivity index (χ3v) is 3.46.